The molecule has 0 rings (SSSR count). The maximum atomic E-state index is 10.3. The predicted molar refractivity (Wildman–Crippen MR) is 40.7 cm³/mol. The highest BCUT2D eigenvalue weighted by molar-refractivity contribution is 5.87. The van der Waals surface area contributed by atoms with Gasteiger partial charge in [0.25, 0.3) is 0 Å². The molecule has 0 amide bonds. The number of carboxylic acid groups (broad SMARTS) is 1. The second-order valence-electron chi connectivity index (χ2n) is 1.73. The van der Waals surface area contributed by atoms with Crippen molar-refractivity contribution in [2.45, 2.75) is 6.42 Å². The monoisotopic (exact) mass is 138 g/mol. The van der Waals surface area contributed by atoms with Crippen molar-refractivity contribution in [3.63, 3.8) is 0 Å². The number of hydrogen-bond acceptors (Lipinski definition) is 1. The Morgan fingerprint density at radius 1 is 1.50 bits per heavy atom. The van der Waals surface area contributed by atoms with E-state index in [1.165, 1.54) is 12.2 Å². The van der Waals surface area contributed by atoms with Crippen LogP contribution in [0.4, 0.5) is 0 Å². The quantitative estimate of drug-likeness (QED) is 0.365. The van der Waals surface area contributed by atoms with Crippen LogP contribution in [-0.4, -0.2) is 11.1 Å². The van der Waals surface area contributed by atoms with Crippen molar-refractivity contribution in [2.75, 3.05) is 0 Å². The van der Waals surface area contributed by atoms with Gasteiger partial charge in [-0.05, 0) is 6.42 Å². The van der Waals surface area contributed by atoms with Crippen molar-refractivity contribution in [3.05, 3.63) is 37.0 Å². The lowest BCUT2D eigenvalue weighted by Crippen LogP contribution is -1.98. The molecule has 2 nitrogen and oxygen atoms in total. The van der Waals surface area contributed by atoms with Crippen LogP contribution in [0, 0.1) is 0 Å². The highest BCUT2D eigenvalue weighted by atomic mass is 16.4. The zero-order valence-electron chi connectivity index (χ0n) is 5.71. The lowest BCUT2D eigenvalue weighted by molar-refractivity contribution is -0.132. The third-order valence-electron chi connectivity index (χ3n) is 0.958. The maximum absolute atomic E-state index is 10.3. The van der Waals surface area contributed by atoms with Gasteiger partial charge in [0.1, 0.15) is 0 Å². The van der Waals surface area contributed by atoms with Gasteiger partial charge in [0, 0.05) is 5.57 Å². The third kappa shape index (κ3) is 2.87. The molecule has 0 aliphatic rings. The molecule has 2 heteroatoms. The van der Waals surface area contributed by atoms with E-state index in [1.807, 2.05) is 0 Å². The summed E-state index contributed by atoms with van der Waals surface area (Å²) in [7, 11) is 0. The minimum atomic E-state index is -0.917. The summed E-state index contributed by atoms with van der Waals surface area (Å²) in [5.74, 6) is -0.917. The van der Waals surface area contributed by atoms with Gasteiger partial charge < -0.3 is 5.11 Å². The average Bonchev–Trinajstić information content (AvgIpc) is 1.87. The Bertz CT molecular complexity index is 178. The number of allylic oxidation sites excluding steroid dienone is 3. The van der Waals surface area contributed by atoms with Gasteiger partial charge in [-0.15, -0.1) is 6.58 Å². The van der Waals surface area contributed by atoms with Crippen molar-refractivity contribution in [1.82, 2.24) is 0 Å². The Morgan fingerprint density at radius 3 is 2.40 bits per heavy atom. The van der Waals surface area contributed by atoms with Gasteiger partial charge in [0.15, 0.2) is 0 Å². The first-order chi connectivity index (χ1) is 4.72. The molecule has 0 saturated carbocycles. The van der Waals surface area contributed by atoms with Crippen LogP contribution in [-0.2, 0) is 4.79 Å². The summed E-state index contributed by atoms with van der Waals surface area (Å²) in [5, 5.41) is 8.47. The lowest BCUT2D eigenvalue weighted by atomic mass is 10.2. The minimum Gasteiger partial charge on any atom is -0.478 e. The summed E-state index contributed by atoms with van der Waals surface area (Å²) in [4.78, 5) is 10.3. The molecule has 10 heavy (non-hydrogen) atoms. The standard InChI is InChI=1S/C8H10O2/c1-3-5-7(6-4-2)8(9)10/h3-5H,1-2,6H2,(H,9,10). The molecule has 0 spiro atoms. The van der Waals surface area contributed by atoms with Crippen LogP contribution in [0.1, 0.15) is 6.42 Å². The molecular formula is C8H10O2. The molecule has 0 bridgehead atoms. The van der Waals surface area contributed by atoms with Crippen LogP contribution in [0.3, 0.4) is 0 Å². The molecule has 0 radical (unpaired) electrons. The Hall–Kier alpha value is -1.31. The van der Waals surface area contributed by atoms with Gasteiger partial charge in [-0.1, -0.05) is 24.8 Å². The van der Waals surface area contributed by atoms with Crippen molar-refractivity contribution >= 4 is 5.97 Å². The van der Waals surface area contributed by atoms with Crippen LogP contribution >= 0.6 is 0 Å². The predicted octanol–water partition coefficient (Wildman–Crippen LogP) is 1.76. The molecule has 0 fully saturated rings. The molecule has 0 unspecified atom stereocenters. The average molecular weight is 138 g/mol. The van der Waals surface area contributed by atoms with Crippen LogP contribution in [0.15, 0.2) is 37.0 Å². The van der Waals surface area contributed by atoms with E-state index in [0.717, 1.165) is 0 Å². The van der Waals surface area contributed by atoms with E-state index in [-0.39, 0.29) is 0 Å². The summed E-state index contributed by atoms with van der Waals surface area (Å²) >= 11 is 0. The van der Waals surface area contributed by atoms with Gasteiger partial charge in [-0.3, -0.25) is 0 Å². The number of aliphatic carboxylic acids is 1. The van der Waals surface area contributed by atoms with Gasteiger partial charge >= 0.3 is 5.97 Å². The number of carboxylic acids is 1. The molecule has 0 saturated heterocycles. The third-order valence-corrected chi connectivity index (χ3v) is 0.958. The summed E-state index contributed by atoms with van der Waals surface area (Å²) in [6.07, 6.45) is 4.84. The summed E-state index contributed by atoms with van der Waals surface area (Å²) in [6.45, 7) is 6.82. The van der Waals surface area contributed by atoms with Gasteiger partial charge in [-0.2, -0.15) is 0 Å². The van der Waals surface area contributed by atoms with Gasteiger partial charge in [-0.25, -0.2) is 4.79 Å². The van der Waals surface area contributed by atoms with Crippen molar-refractivity contribution < 1.29 is 9.90 Å². The SMILES string of the molecule is C=CC=C(CC=C)C(=O)O. The summed E-state index contributed by atoms with van der Waals surface area (Å²) in [5.41, 5.74) is 0.310. The van der Waals surface area contributed by atoms with Crippen LogP contribution in [0.25, 0.3) is 0 Å². The molecule has 0 aromatic carbocycles. The molecule has 0 aliphatic carbocycles. The fourth-order valence-electron chi connectivity index (χ4n) is 0.524. The van der Waals surface area contributed by atoms with E-state index in [1.54, 1.807) is 6.08 Å². The zero-order valence-corrected chi connectivity index (χ0v) is 5.71. The first-order valence-corrected chi connectivity index (χ1v) is 2.88. The van der Waals surface area contributed by atoms with E-state index in [0.29, 0.717) is 12.0 Å². The Balaban J connectivity index is 4.24. The van der Waals surface area contributed by atoms with Crippen LogP contribution in [0.5, 0.6) is 0 Å². The number of rotatable bonds is 4. The second-order valence-corrected chi connectivity index (χ2v) is 1.73. The molecule has 0 aliphatic heterocycles. The normalized spacial score (nSPS) is 10.6. The second kappa shape index (κ2) is 4.56. The van der Waals surface area contributed by atoms with E-state index in [9.17, 15) is 4.79 Å². The van der Waals surface area contributed by atoms with Gasteiger partial charge in [0.2, 0.25) is 0 Å². The molecule has 0 aromatic rings. The first-order valence-electron chi connectivity index (χ1n) is 2.88. The van der Waals surface area contributed by atoms with Crippen molar-refractivity contribution in [3.8, 4) is 0 Å². The highest BCUT2D eigenvalue weighted by Gasteiger charge is 2.01. The Labute approximate surface area is 60.2 Å². The fraction of sp³-hybridized carbons (Fsp3) is 0.125. The van der Waals surface area contributed by atoms with E-state index >= 15 is 0 Å². The van der Waals surface area contributed by atoms with E-state index in [2.05, 4.69) is 13.2 Å². The molecule has 0 heterocycles. The minimum absolute atomic E-state index is 0.310. The van der Waals surface area contributed by atoms with E-state index < -0.39 is 5.97 Å². The lowest BCUT2D eigenvalue weighted by Gasteiger charge is -1.93. The molecule has 0 atom stereocenters. The smallest absolute Gasteiger partial charge is 0.331 e. The summed E-state index contributed by atoms with van der Waals surface area (Å²) in [6, 6.07) is 0. The van der Waals surface area contributed by atoms with E-state index in [4.69, 9.17) is 5.11 Å². The molecule has 54 valence electrons. The fourth-order valence-corrected chi connectivity index (χ4v) is 0.524. The largest absolute Gasteiger partial charge is 0.478 e. The first kappa shape index (κ1) is 8.69. The Morgan fingerprint density at radius 2 is 2.10 bits per heavy atom. The summed E-state index contributed by atoms with van der Waals surface area (Å²) < 4.78 is 0. The van der Waals surface area contributed by atoms with Crippen molar-refractivity contribution in [1.29, 1.82) is 0 Å². The van der Waals surface area contributed by atoms with Crippen LogP contribution in [0.2, 0.25) is 0 Å². The van der Waals surface area contributed by atoms with Crippen LogP contribution < -0.4 is 0 Å². The molecule has 0 aromatic heterocycles. The number of hydrogen-bond donors (Lipinski definition) is 1. The Kier molecular flexibility index (Phi) is 3.96. The topological polar surface area (TPSA) is 37.3 Å². The molecular weight excluding hydrogens is 128 g/mol. The maximum Gasteiger partial charge on any atom is 0.331 e. The number of carbonyl (C=O) groups is 1. The van der Waals surface area contributed by atoms with Crippen molar-refractivity contribution in [2.24, 2.45) is 0 Å². The molecule has 1 N–H and O–H groups in total. The van der Waals surface area contributed by atoms with Gasteiger partial charge in [0.05, 0.1) is 0 Å². The zero-order chi connectivity index (χ0) is 7.98. The highest BCUT2D eigenvalue weighted by Crippen LogP contribution is 2.01.